The number of sulfone groups is 1. The number of nitrogens with one attached hydrogen (secondary N) is 1. The molecule has 0 aliphatic heterocycles. The Morgan fingerprint density at radius 1 is 0.900 bits per heavy atom. The Kier molecular flexibility index (Phi) is 4.42. The van der Waals surface area contributed by atoms with Gasteiger partial charge < -0.3 is 10.4 Å². The van der Waals surface area contributed by atoms with E-state index < -0.39 is 9.84 Å². The fourth-order valence-corrected chi connectivity index (χ4v) is 2.45. The predicted octanol–water partition coefficient (Wildman–Crippen LogP) is 2.09. The second-order valence-corrected chi connectivity index (χ2v) is 6.70. The van der Waals surface area contributed by atoms with E-state index in [9.17, 15) is 13.5 Å². The van der Waals surface area contributed by atoms with Gasteiger partial charge in [-0.1, -0.05) is 24.3 Å². The first-order valence-electron chi connectivity index (χ1n) is 6.23. The molecular weight excluding hydrogens is 274 g/mol. The summed E-state index contributed by atoms with van der Waals surface area (Å²) in [7, 11) is -3.13. The lowest BCUT2D eigenvalue weighted by molar-refractivity contribution is 0.475. The zero-order chi connectivity index (χ0) is 14.6. The maximum atomic E-state index is 11.3. The number of aromatic hydroxyl groups is 1. The molecule has 0 aliphatic rings. The van der Waals surface area contributed by atoms with Crippen LogP contribution in [0.2, 0.25) is 0 Å². The second-order valence-electron chi connectivity index (χ2n) is 4.69. The number of rotatable bonds is 5. The van der Waals surface area contributed by atoms with Gasteiger partial charge in [-0.3, -0.25) is 0 Å². The van der Waals surface area contributed by atoms with E-state index >= 15 is 0 Å². The van der Waals surface area contributed by atoms with Crippen LogP contribution in [-0.4, -0.2) is 19.8 Å². The molecule has 2 N–H and O–H groups in total. The van der Waals surface area contributed by atoms with Gasteiger partial charge in [0.05, 0.1) is 4.90 Å². The Morgan fingerprint density at radius 2 is 1.35 bits per heavy atom. The van der Waals surface area contributed by atoms with Gasteiger partial charge in [-0.15, -0.1) is 0 Å². The summed E-state index contributed by atoms with van der Waals surface area (Å²) < 4.78 is 22.7. The highest BCUT2D eigenvalue weighted by atomic mass is 32.2. The van der Waals surface area contributed by atoms with Crippen LogP contribution in [0.15, 0.2) is 53.4 Å². The zero-order valence-electron chi connectivity index (χ0n) is 11.2. The van der Waals surface area contributed by atoms with E-state index in [-0.39, 0.29) is 5.75 Å². The average molecular weight is 291 g/mol. The van der Waals surface area contributed by atoms with Crippen molar-refractivity contribution in [3.05, 3.63) is 59.7 Å². The van der Waals surface area contributed by atoms with Gasteiger partial charge in [0.2, 0.25) is 0 Å². The van der Waals surface area contributed by atoms with E-state index in [4.69, 9.17) is 0 Å². The summed E-state index contributed by atoms with van der Waals surface area (Å²) in [6, 6.07) is 13.9. The summed E-state index contributed by atoms with van der Waals surface area (Å²) in [4.78, 5) is 0.333. The number of hydrogen-bond acceptors (Lipinski definition) is 4. The van der Waals surface area contributed by atoms with Crippen molar-refractivity contribution in [3.8, 4) is 5.75 Å². The summed E-state index contributed by atoms with van der Waals surface area (Å²) in [6.07, 6.45) is 1.20. The third kappa shape index (κ3) is 4.08. The van der Waals surface area contributed by atoms with Crippen LogP contribution in [0.5, 0.6) is 5.75 Å². The van der Waals surface area contributed by atoms with Crippen molar-refractivity contribution >= 4 is 9.84 Å². The monoisotopic (exact) mass is 291 g/mol. The minimum absolute atomic E-state index is 0.255. The molecule has 2 aromatic carbocycles. The molecule has 2 aromatic rings. The molecule has 0 aromatic heterocycles. The van der Waals surface area contributed by atoms with E-state index in [0.717, 1.165) is 11.1 Å². The van der Waals surface area contributed by atoms with E-state index in [1.165, 1.54) is 6.26 Å². The van der Waals surface area contributed by atoms with Crippen LogP contribution < -0.4 is 5.32 Å². The van der Waals surface area contributed by atoms with Crippen molar-refractivity contribution in [1.82, 2.24) is 5.32 Å². The molecule has 0 heterocycles. The van der Waals surface area contributed by atoms with Crippen molar-refractivity contribution in [1.29, 1.82) is 0 Å². The third-order valence-electron chi connectivity index (χ3n) is 2.95. The highest BCUT2D eigenvalue weighted by Crippen LogP contribution is 2.11. The minimum atomic E-state index is -3.13. The van der Waals surface area contributed by atoms with Crippen LogP contribution in [0.25, 0.3) is 0 Å². The van der Waals surface area contributed by atoms with Gasteiger partial charge in [0.1, 0.15) is 5.75 Å². The third-order valence-corrected chi connectivity index (χ3v) is 4.07. The van der Waals surface area contributed by atoms with Crippen molar-refractivity contribution < 1.29 is 13.5 Å². The van der Waals surface area contributed by atoms with Crippen LogP contribution in [0, 0.1) is 0 Å². The molecule has 0 saturated carbocycles. The van der Waals surface area contributed by atoms with Gasteiger partial charge in [0, 0.05) is 19.3 Å². The largest absolute Gasteiger partial charge is 0.508 e. The zero-order valence-corrected chi connectivity index (χ0v) is 12.0. The molecule has 4 nitrogen and oxygen atoms in total. The molecule has 2 rings (SSSR count). The second kappa shape index (κ2) is 6.07. The molecule has 0 radical (unpaired) electrons. The van der Waals surface area contributed by atoms with E-state index in [1.807, 2.05) is 12.1 Å². The van der Waals surface area contributed by atoms with E-state index in [1.54, 1.807) is 36.4 Å². The Bertz CT molecular complexity index is 661. The minimum Gasteiger partial charge on any atom is -0.508 e. The fraction of sp³-hybridized carbons (Fsp3) is 0.200. The smallest absolute Gasteiger partial charge is 0.175 e. The van der Waals surface area contributed by atoms with Crippen LogP contribution in [0.4, 0.5) is 0 Å². The summed E-state index contributed by atoms with van der Waals surface area (Å²) in [5.74, 6) is 0.255. The lowest BCUT2D eigenvalue weighted by Gasteiger charge is -2.06. The topological polar surface area (TPSA) is 66.4 Å². The molecule has 0 fully saturated rings. The maximum Gasteiger partial charge on any atom is 0.175 e. The first-order valence-corrected chi connectivity index (χ1v) is 8.12. The number of phenols is 1. The van der Waals surface area contributed by atoms with E-state index in [2.05, 4.69) is 5.32 Å². The first kappa shape index (κ1) is 14.6. The first-order chi connectivity index (χ1) is 9.45. The molecule has 106 valence electrons. The van der Waals surface area contributed by atoms with Gasteiger partial charge in [0.15, 0.2) is 9.84 Å². The van der Waals surface area contributed by atoms with E-state index in [0.29, 0.717) is 18.0 Å². The molecule has 0 aliphatic carbocycles. The highest BCUT2D eigenvalue weighted by Gasteiger charge is 2.05. The molecule has 0 atom stereocenters. The van der Waals surface area contributed by atoms with Gasteiger partial charge in [-0.05, 0) is 35.4 Å². The molecular formula is C15H17NO3S. The van der Waals surface area contributed by atoms with Crippen molar-refractivity contribution in [3.63, 3.8) is 0 Å². The van der Waals surface area contributed by atoms with Gasteiger partial charge in [-0.2, -0.15) is 0 Å². The van der Waals surface area contributed by atoms with Gasteiger partial charge in [0.25, 0.3) is 0 Å². The van der Waals surface area contributed by atoms with Crippen molar-refractivity contribution in [2.45, 2.75) is 18.0 Å². The van der Waals surface area contributed by atoms with Crippen LogP contribution in [0.1, 0.15) is 11.1 Å². The fourth-order valence-electron chi connectivity index (χ4n) is 1.82. The van der Waals surface area contributed by atoms with Crippen LogP contribution >= 0.6 is 0 Å². The molecule has 0 spiro atoms. The lowest BCUT2D eigenvalue weighted by Crippen LogP contribution is -2.12. The van der Waals surface area contributed by atoms with Crippen molar-refractivity contribution in [2.75, 3.05) is 6.26 Å². The highest BCUT2D eigenvalue weighted by molar-refractivity contribution is 7.90. The lowest BCUT2D eigenvalue weighted by atomic mass is 10.2. The molecule has 5 heteroatoms. The number of hydrogen-bond donors (Lipinski definition) is 2. The summed E-state index contributed by atoms with van der Waals surface area (Å²) in [6.45, 7) is 1.35. The Labute approximate surface area is 119 Å². The molecule has 20 heavy (non-hydrogen) atoms. The molecule has 0 unspecified atom stereocenters. The predicted molar refractivity (Wildman–Crippen MR) is 78.2 cm³/mol. The Balaban J connectivity index is 1.90. The normalized spacial score (nSPS) is 11.4. The number of phenolic OH excluding ortho intramolecular Hbond substituents is 1. The van der Waals surface area contributed by atoms with Gasteiger partial charge >= 0.3 is 0 Å². The van der Waals surface area contributed by atoms with Crippen LogP contribution in [0.3, 0.4) is 0 Å². The summed E-state index contributed by atoms with van der Waals surface area (Å²) in [5, 5.41) is 12.4. The maximum absolute atomic E-state index is 11.3. The molecule has 0 saturated heterocycles. The van der Waals surface area contributed by atoms with Gasteiger partial charge in [-0.25, -0.2) is 8.42 Å². The molecule has 0 amide bonds. The Morgan fingerprint density at radius 3 is 1.80 bits per heavy atom. The summed E-state index contributed by atoms with van der Waals surface area (Å²) in [5.41, 5.74) is 2.10. The standard InChI is InChI=1S/C15H17NO3S/c1-20(18,19)15-8-4-13(5-9-15)11-16-10-12-2-6-14(17)7-3-12/h2-9,16-17H,10-11H2,1H3. The van der Waals surface area contributed by atoms with Crippen molar-refractivity contribution in [2.24, 2.45) is 0 Å². The summed E-state index contributed by atoms with van der Waals surface area (Å²) >= 11 is 0. The SMILES string of the molecule is CS(=O)(=O)c1ccc(CNCc2ccc(O)cc2)cc1. The quantitative estimate of drug-likeness (QED) is 0.885. The Hall–Kier alpha value is -1.85. The average Bonchev–Trinajstić information content (AvgIpc) is 2.41. The van der Waals surface area contributed by atoms with Crippen LogP contribution in [-0.2, 0) is 22.9 Å². The number of benzene rings is 2. The molecule has 0 bridgehead atoms.